The molecule has 0 aromatic heterocycles. The fourth-order valence-corrected chi connectivity index (χ4v) is 2.52. The summed E-state index contributed by atoms with van der Waals surface area (Å²) in [6.45, 7) is 2.46. The summed E-state index contributed by atoms with van der Waals surface area (Å²) in [4.78, 5) is 24.9. The molecule has 0 spiro atoms. The van der Waals surface area contributed by atoms with Crippen molar-refractivity contribution in [3.63, 3.8) is 0 Å². The van der Waals surface area contributed by atoms with Crippen molar-refractivity contribution < 1.29 is 14.3 Å². The Labute approximate surface area is 117 Å². The first-order valence-electron chi connectivity index (χ1n) is 6.22. The maximum Gasteiger partial charge on any atom is 0.312 e. The molecule has 1 aromatic carbocycles. The Hall–Kier alpha value is -1.55. The van der Waals surface area contributed by atoms with Crippen LogP contribution in [0.1, 0.15) is 31.2 Å². The molecule has 4 nitrogen and oxygen atoms in total. The number of nitrogens with zero attached hydrogens (tertiary/aromatic N) is 1. The molecule has 102 valence electrons. The molecule has 5 heteroatoms. The van der Waals surface area contributed by atoms with Crippen molar-refractivity contribution in [3.05, 3.63) is 28.8 Å². The van der Waals surface area contributed by atoms with Crippen molar-refractivity contribution in [3.8, 4) is 0 Å². The lowest BCUT2D eigenvalue weighted by molar-refractivity contribution is -0.142. The Bertz CT molecular complexity index is 515. The van der Waals surface area contributed by atoms with Crippen LogP contribution in [0.2, 0.25) is 5.02 Å². The number of rotatable bonds is 3. The number of carbonyl (C=O) groups is 2. The summed E-state index contributed by atoms with van der Waals surface area (Å²) in [5, 5.41) is 0.489. The summed E-state index contributed by atoms with van der Waals surface area (Å²) in [5.74, 6) is -0.581. The fraction of sp³-hybridized carbons (Fsp3) is 0.429. The van der Waals surface area contributed by atoms with Crippen LogP contribution in [0.4, 0.5) is 5.69 Å². The van der Waals surface area contributed by atoms with Gasteiger partial charge in [-0.1, -0.05) is 17.7 Å². The predicted octanol–water partition coefficient (Wildman–Crippen LogP) is 2.74. The Kier molecular flexibility index (Phi) is 4.10. The number of anilines is 1. The van der Waals surface area contributed by atoms with Crippen LogP contribution >= 0.6 is 11.6 Å². The second-order valence-corrected chi connectivity index (χ2v) is 5.01. The molecule has 1 heterocycles. The van der Waals surface area contributed by atoms with Crippen molar-refractivity contribution in [1.29, 1.82) is 0 Å². The van der Waals surface area contributed by atoms with Crippen LogP contribution in [0, 0.1) is 0 Å². The molecular formula is C14H16ClNO3. The molecule has 19 heavy (non-hydrogen) atoms. The number of carbonyl (C=O) groups excluding carboxylic acids is 2. The van der Waals surface area contributed by atoms with Gasteiger partial charge < -0.3 is 9.64 Å². The summed E-state index contributed by atoms with van der Waals surface area (Å²) in [5.41, 5.74) is 1.50. The summed E-state index contributed by atoms with van der Waals surface area (Å²) in [6.07, 6.45) is 1.42. The topological polar surface area (TPSA) is 46.6 Å². The van der Waals surface area contributed by atoms with Crippen LogP contribution in [0.25, 0.3) is 0 Å². The van der Waals surface area contributed by atoms with E-state index < -0.39 is 0 Å². The molecule has 0 bridgehead atoms. The van der Waals surface area contributed by atoms with E-state index in [-0.39, 0.29) is 17.8 Å². The third-order valence-electron chi connectivity index (χ3n) is 3.39. The number of halogens is 1. The minimum Gasteiger partial charge on any atom is -0.469 e. The van der Waals surface area contributed by atoms with Crippen molar-refractivity contribution in [1.82, 2.24) is 0 Å². The van der Waals surface area contributed by atoms with E-state index in [1.165, 1.54) is 7.11 Å². The SMILES string of the molecule is COC(=O)C(C)c1ccc(N2CCCC2=O)c(Cl)c1. The van der Waals surface area contributed by atoms with E-state index in [0.717, 1.165) is 12.0 Å². The van der Waals surface area contributed by atoms with Crippen LogP contribution in [0.5, 0.6) is 0 Å². The molecule has 2 rings (SSSR count). The lowest BCUT2D eigenvalue weighted by atomic mass is 10.0. The van der Waals surface area contributed by atoms with Gasteiger partial charge in [0.2, 0.25) is 5.91 Å². The van der Waals surface area contributed by atoms with Gasteiger partial charge in [-0.2, -0.15) is 0 Å². The number of hydrogen-bond acceptors (Lipinski definition) is 3. The first-order valence-corrected chi connectivity index (χ1v) is 6.60. The zero-order chi connectivity index (χ0) is 14.0. The third kappa shape index (κ3) is 2.73. The highest BCUT2D eigenvalue weighted by Gasteiger charge is 2.24. The van der Waals surface area contributed by atoms with Gasteiger partial charge in [0.1, 0.15) is 0 Å². The predicted molar refractivity (Wildman–Crippen MR) is 73.5 cm³/mol. The van der Waals surface area contributed by atoms with Gasteiger partial charge in [0, 0.05) is 13.0 Å². The lowest BCUT2D eigenvalue weighted by Crippen LogP contribution is -2.24. The van der Waals surface area contributed by atoms with Gasteiger partial charge in [0.15, 0.2) is 0 Å². The largest absolute Gasteiger partial charge is 0.469 e. The fourth-order valence-electron chi connectivity index (χ4n) is 2.23. The van der Waals surface area contributed by atoms with Crippen LogP contribution in [0.15, 0.2) is 18.2 Å². The van der Waals surface area contributed by atoms with Crippen LogP contribution < -0.4 is 4.90 Å². The van der Waals surface area contributed by atoms with Crippen LogP contribution in [0.3, 0.4) is 0 Å². The molecule has 0 aliphatic carbocycles. The van der Waals surface area contributed by atoms with Gasteiger partial charge in [0.25, 0.3) is 0 Å². The molecule has 1 aromatic rings. The maximum atomic E-state index is 11.7. The first-order chi connectivity index (χ1) is 9.04. The number of benzene rings is 1. The smallest absolute Gasteiger partial charge is 0.312 e. The molecule has 1 saturated heterocycles. The van der Waals surface area contributed by atoms with Gasteiger partial charge >= 0.3 is 5.97 Å². The second kappa shape index (κ2) is 5.61. The Morgan fingerprint density at radius 3 is 2.74 bits per heavy atom. The monoisotopic (exact) mass is 281 g/mol. The summed E-state index contributed by atoms with van der Waals surface area (Å²) >= 11 is 6.22. The third-order valence-corrected chi connectivity index (χ3v) is 3.69. The van der Waals surface area contributed by atoms with E-state index in [0.29, 0.717) is 23.7 Å². The van der Waals surface area contributed by atoms with E-state index in [4.69, 9.17) is 16.3 Å². The van der Waals surface area contributed by atoms with Crippen LogP contribution in [-0.4, -0.2) is 25.5 Å². The number of methoxy groups -OCH3 is 1. The Morgan fingerprint density at radius 2 is 2.21 bits per heavy atom. The lowest BCUT2D eigenvalue weighted by Gasteiger charge is -2.19. The van der Waals surface area contributed by atoms with E-state index >= 15 is 0 Å². The standard InChI is InChI=1S/C14H16ClNO3/c1-9(14(18)19-2)10-5-6-12(11(15)8-10)16-7-3-4-13(16)17/h5-6,8-9H,3-4,7H2,1-2H3. The minimum absolute atomic E-state index is 0.0932. The van der Waals surface area contributed by atoms with Crippen molar-refractivity contribution in [2.75, 3.05) is 18.6 Å². The number of ether oxygens (including phenoxy) is 1. The number of amides is 1. The average Bonchev–Trinajstić information content (AvgIpc) is 2.83. The van der Waals surface area contributed by atoms with E-state index in [1.807, 2.05) is 6.07 Å². The number of esters is 1. The molecule has 1 unspecified atom stereocenters. The highest BCUT2D eigenvalue weighted by atomic mass is 35.5. The Balaban J connectivity index is 2.27. The van der Waals surface area contributed by atoms with Crippen molar-refractivity contribution >= 4 is 29.2 Å². The van der Waals surface area contributed by atoms with Crippen molar-refractivity contribution in [2.24, 2.45) is 0 Å². The summed E-state index contributed by atoms with van der Waals surface area (Å²) in [7, 11) is 1.36. The van der Waals surface area contributed by atoms with Gasteiger partial charge in [0.05, 0.1) is 23.7 Å². The summed E-state index contributed by atoms with van der Waals surface area (Å²) in [6, 6.07) is 5.33. The number of hydrogen-bond donors (Lipinski definition) is 0. The summed E-state index contributed by atoms with van der Waals surface area (Å²) < 4.78 is 4.71. The minimum atomic E-state index is -0.370. The molecule has 0 radical (unpaired) electrons. The van der Waals surface area contributed by atoms with E-state index in [1.54, 1.807) is 24.0 Å². The quantitative estimate of drug-likeness (QED) is 0.801. The molecule has 0 N–H and O–H groups in total. The van der Waals surface area contributed by atoms with E-state index in [9.17, 15) is 9.59 Å². The van der Waals surface area contributed by atoms with Gasteiger partial charge in [-0.3, -0.25) is 9.59 Å². The van der Waals surface area contributed by atoms with Crippen molar-refractivity contribution in [2.45, 2.75) is 25.7 Å². The van der Waals surface area contributed by atoms with Gasteiger partial charge in [-0.15, -0.1) is 0 Å². The van der Waals surface area contributed by atoms with Gasteiger partial charge in [-0.05, 0) is 31.0 Å². The highest BCUT2D eigenvalue weighted by molar-refractivity contribution is 6.34. The van der Waals surface area contributed by atoms with Gasteiger partial charge in [-0.25, -0.2) is 0 Å². The Morgan fingerprint density at radius 1 is 1.47 bits per heavy atom. The molecule has 1 amide bonds. The zero-order valence-corrected chi connectivity index (χ0v) is 11.7. The molecule has 1 aliphatic heterocycles. The molecular weight excluding hydrogens is 266 g/mol. The molecule has 1 fully saturated rings. The highest BCUT2D eigenvalue weighted by Crippen LogP contribution is 2.32. The average molecular weight is 282 g/mol. The second-order valence-electron chi connectivity index (χ2n) is 4.60. The van der Waals surface area contributed by atoms with E-state index in [2.05, 4.69) is 0 Å². The van der Waals surface area contributed by atoms with Crippen LogP contribution in [-0.2, 0) is 14.3 Å². The zero-order valence-electron chi connectivity index (χ0n) is 11.0. The molecule has 1 aliphatic rings. The maximum absolute atomic E-state index is 11.7. The normalized spacial score (nSPS) is 16.6. The molecule has 0 saturated carbocycles. The molecule has 1 atom stereocenters. The first kappa shape index (κ1) is 13.9.